The van der Waals surface area contributed by atoms with Crippen LogP contribution >= 0.6 is 15.9 Å². The van der Waals surface area contributed by atoms with Crippen molar-refractivity contribution in [2.75, 3.05) is 5.73 Å². The number of benzene rings is 1. The lowest BCUT2D eigenvalue weighted by molar-refractivity contribution is 0.287. The molecule has 0 saturated carbocycles. The molecular formula is C12H15BrN4O. The summed E-state index contributed by atoms with van der Waals surface area (Å²) in [7, 11) is 0. The van der Waals surface area contributed by atoms with Crippen molar-refractivity contribution in [1.82, 2.24) is 14.8 Å². The van der Waals surface area contributed by atoms with E-state index in [1.165, 1.54) is 0 Å². The highest BCUT2D eigenvalue weighted by molar-refractivity contribution is 9.10. The van der Waals surface area contributed by atoms with Crippen LogP contribution in [0.2, 0.25) is 0 Å². The van der Waals surface area contributed by atoms with Crippen LogP contribution in [0.1, 0.15) is 19.2 Å². The third-order valence-electron chi connectivity index (χ3n) is 2.46. The van der Waals surface area contributed by atoms with Gasteiger partial charge in [0, 0.05) is 11.0 Å². The lowest BCUT2D eigenvalue weighted by Crippen LogP contribution is -2.09. The Morgan fingerprint density at radius 3 is 3.00 bits per heavy atom. The number of nitrogen functional groups attached to an aromatic ring is 1. The van der Waals surface area contributed by atoms with Gasteiger partial charge in [-0.2, -0.15) is 5.10 Å². The Kier molecular flexibility index (Phi) is 4.19. The number of aryl methyl sites for hydroxylation is 1. The average molecular weight is 311 g/mol. The molecule has 1 aromatic carbocycles. The first kappa shape index (κ1) is 12.9. The van der Waals surface area contributed by atoms with Gasteiger partial charge in [-0.3, -0.25) is 0 Å². The van der Waals surface area contributed by atoms with Gasteiger partial charge in [0.1, 0.15) is 18.7 Å². The van der Waals surface area contributed by atoms with Crippen molar-refractivity contribution in [3.05, 3.63) is 34.8 Å². The van der Waals surface area contributed by atoms with E-state index in [2.05, 4.69) is 32.9 Å². The molecule has 0 spiro atoms. The topological polar surface area (TPSA) is 66.0 Å². The van der Waals surface area contributed by atoms with Gasteiger partial charge in [0.05, 0.1) is 5.69 Å². The van der Waals surface area contributed by atoms with Gasteiger partial charge in [0.15, 0.2) is 5.82 Å². The standard InChI is InChI=1S/C12H15BrN4O/c1-2-5-17-12(15-8-16-17)7-18-11-4-3-9(13)6-10(11)14/h3-4,6,8H,2,5,7,14H2,1H3. The normalized spacial score (nSPS) is 10.6. The summed E-state index contributed by atoms with van der Waals surface area (Å²) in [5, 5.41) is 4.14. The zero-order valence-electron chi connectivity index (χ0n) is 10.1. The van der Waals surface area contributed by atoms with Crippen molar-refractivity contribution in [2.45, 2.75) is 26.5 Å². The number of halogens is 1. The Bertz CT molecular complexity index is 527. The van der Waals surface area contributed by atoms with Crippen LogP contribution < -0.4 is 10.5 Å². The van der Waals surface area contributed by atoms with Crippen LogP contribution in [0.3, 0.4) is 0 Å². The van der Waals surface area contributed by atoms with Crippen LogP contribution in [0.25, 0.3) is 0 Å². The summed E-state index contributed by atoms with van der Waals surface area (Å²) in [6, 6.07) is 5.54. The van der Waals surface area contributed by atoms with Crippen LogP contribution in [0, 0.1) is 0 Å². The lowest BCUT2D eigenvalue weighted by Gasteiger charge is -2.09. The first-order valence-electron chi connectivity index (χ1n) is 5.75. The van der Waals surface area contributed by atoms with Crippen LogP contribution in [0.4, 0.5) is 5.69 Å². The Hall–Kier alpha value is -1.56. The third kappa shape index (κ3) is 3.01. The number of hydrogen-bond donors (Lipinski definition) is 1. The summed E-state index contributed by atoms with van der Waals surface area (Å²) >= 11 is 3.36. The number of nitrogens with zero attached hydrogens (tertiary/aromatic N) is 3. The maximum absolute atomic E-state index is 5.86. The molecule has 0 aliphatic rings. The predicted octanol–water partition coefficient (Wildman–Crippen LogP) is 2.61. The minimum atomic E-state index is 0.367. The van der Waals surface area contributed by atoms with E-state index in [4.69, 9.17) is 10.5 Å². The van der Waals surface area contributed by atoms with E-state index in [1.807, 2.05) is 22.9 Å². The Balaban J connectivity index is 2.04. The smallest absolute Gasteiger partial charge is 0.164 e. The molecule has 2 rings (SSSR count). The molecule has 2 N–H and O–H groups in total. The maximum Gasteiger partial charge on any atom is 0.164 e. The van der Waals surface area contributed by atoms with Crippen LogP contribution in [0.15, 0.2) is 29.0 Å². The molecule has 1 heterocycles. The summed E-state index contributed by atoms with van der Waals surface area (Å²) < 4.78 is 8.43. The van der Waals surface area contributed by atoms with E-state index >= 15 is 0 Å². The fourth-order valence-corrected chi connectivity index (χ4v) is 1.97. The van der Waals surface area contributed by atoms with Crippen molar-refractivity contribution < 1.29 is 4.74 Å². The van der Waals surface area contributed by atoms with E-state index in [-0.39, 0.29) is 0 Å². The van der Waals surface area contributed by atoms with Gasteiger partial charge in [-0.15, -0.1) is 0 Å². The van der Waals surface area contributed by atoms with Crippen LogP contribution in [-0.4, -0.2) is 14.8 Å². The summed E-state index contributed by atoms with van der Waals surface area (Å²) in [6.45, 7) is 3.30. The summed E-state index contributed by atoms with van der Waals surface area (Å²) in [5.41, 5.74) is 6.46. The van der Waals surface area contributed by atoms with Gasteiger partial charge in [-0.05, 0) is 24.6 Å². The third-order valence-corrected chi connectivity index (χ3v) is 2.95. The molecule has 0 amide bonds. The molecule has 0 unspecified atom stereocenters. The van der Waals surface area contributed by atoms with Crippen LogP contribution in [0.5, 0.6) is 5.75 Å². The molecule has 18 heavy (non-hydrogen) atoms. The molecule has 1 aromatic heterocycles. The molecule has 6 heteroatoms. The lowest BCUT2D eigenvalue weighted by atomic mass is 10.3. The summed E-state index contributed by atoms with van der Waals surface area (Å²) in [6.07, 6.45) is 2.55. The van der Waals surface area contributed by atoms with E-state index in [0.717, 1.165) is 23.3 Å². The molecule has 96 valence electrons. The van der Waals surface area contributed by atoms with Gasteiger partial charge in [-0.1, -0.05) is 22.9 Å². The first-order valence-corrected chi connectivity index (χ1v) is 6.54. The molecule has 5 nitrogen and oxygen atoms in total. The van der Waals surface area contributed by atoms with Gasteiger partial charge in [0.25, 0.3) is 0 Å². The van der Waals surface area contributed by atoms with Crippen molar-refractivity contribution in [3.63, 3.8) is 0 Å². The van der Waals surface area contributed by atoms with E-state index in [1.54, 1.807) is 6.33 Å². The van der Waals surface area contributed by atoms with Crippen molar-refractivity contribution in [3.8, 4) is 5.75 Å². The Labute approximate surface area is 114 Å². The molecule has 0 aliphatic heterocycles. The minimum Gasteiger partial charge on any atom is -0.483 e. The highest BCUT2D eigenvalue weighted by Crippen LogP contribution is 2.25. The molecule has 2 aromatic rings. The number of hydrogen-bond acceptors (Lipinski definition) is 4. The largest absolute Gasteiger partial charge is 0.483 e. The first-order chi connectivity index (χ1) is 8.70. The van der Waals surface area contributed by atoms with Gasteiger partial charge in [0.2, 0.25) is 0 Å². The molecular weight excluding hydrogens is 296 g/mol. The minimum absolute atomic E-state index is 0.367. The number of nitrogens with two attached hydrogens (primary N) is 1. The molecule has 0 saturated heterocycles. The molecule has 0 fully saturated rings. The highest BCUT2D eigenvalue weighted by atomic mass is 79.9. The molecule has 0 radical (unpaired) electrons. The number of aromatic nitrogens is 3. The number of ether oxygens (including phenoxy) is 1. The van der Waals surface area contributed by atoms with Crippen LogP contribution in [-0.2, 0) is 13.2 Å². The van der Waals surface area contributed by atoms with Crippen molar-refractivity contribution >= 4 is 21.6 Å². The van der Waals surface area contributed by atoms with Crippen molar-refractivity contribution in [1.29, 1.82) is 0 Å². The molecule has 0 atom stereocenters. The summed E-state index contributed by atoms with van der Waals surface area (Å²) in [5.74, 6) is 1.46. The van der Waals surface area contributed by atoms with E-state index in [9.17, 15) is 0 Å². The van der Waals surface area contributed by atoms with E-state index in [0.29, 0.717) is 18.0 Å². The average Bonchev–Trinajstić information content (AvgIpc) is 2.76. The second-order valence-corrected chi connectivity index (χ2v) is 4.79. The fraction of sp³-hybridized carbons (Fsp3) is 0.333. The van der Waals surface area contributed by atoms with Gasteiger partial charge < -0.3 is 10.5 Å². The van der Waals surface area contributed by atoms with Gasteiger partial charge >= 0.3 is 0 Å². The predicted molar refractivity (Wildman–Crippen MR) is 73.2 cm³/mol. The Morgan fingerprint density at radius 2 is 2.28 bits per heavy atom. The second-order valence-electron chi connectivity index (χ2n) is 3.87. The zero-order chi connectivity index (χ0) is 13.0. The van der Waals surface area contributed by atoms with Gasteiger partial charge in [-0.25, -0.2) is 9.67 Å². The van der Waals surface area contributed by atoms with E-state index < -0.39 is 0 Å². The zero-order valence-corrected chi connectivity index (χ0v) is 11.7. The molecule has 0 aliphatic carbocycles. The second kappa shape index (κ2) is 5.86. The summed E-state index contributed by atoms with van der Waals surface area (Å²) in [4.78, 5) is 4.17. The monoisotopic (exact) mass is 310 g/mol. The maximum atomic E-state index is 5.86. The van der Waals surface area contributed by atoms with Crippen molar-refractivity contribution in [2.24, 2.45) is 0 Å². The SMILES string of the molecule is CCCn1ncnc1COc1ccc(Br)cc1N. The molecule has 0 bridgehead atoms. The highest BCUT2D eigenvalue weighted by Gasteiger charge is 2.06. The fourth-order valence-electron chi connectivity index (χ4n) is 1.59. The number of anilines is 1. The Morgan fingerprint density at radius 1 is 1.44 bits per heavy atom. The quantitative estimate of drug-likeness (QED) is 0.862. The number of rotatable bonds is 5.